The Morgan fingerprint density at radius 2 is 1.58 bits per heavy atom. The van der Waals surface area contributed by atoms with Gasteiger partial charge in [-0.05, 0) is 67.3 Å². The number of esters is 1. The molecule has 1 aliphatic heterocycles. The molecular formula is C36H51N5O7. The van der Waals surface area contributed by atoms with Crippen LogP contribution in [0.25, 0.3) is 0 Å². The van der Waals surface area contributed by atoms with Gasteiger partial charge in [-0.15, -0.1) is 0 Å². The number of nitrogens with two attached hydrogens (primary N) is 1. The number of nitrogens with zero attached hydrogens (tertiary/aromatic N) is 1. The van der Waals surface area contributed by atoms with Gasteiger partial charge in [0.25, 0.3) is 5.91 Å². The van der Waals surface area contributed by atoms with Crippen molar-refractivity contribution in [2.24, 2.45) is 28.9 Å². The molecular weight excluding hydrogens is 614 g/mol. The highest BCUT2D eigenvalue weighted by Crippen LogP contribution is 2.44. The van der Waals surface area contributed by atoms with Gasteiger partial charge in [0, 0.05) is 6.04 Å². The summed E-state index contributed by atoms with van der Waals surface area (Å²) in [7, 11) is 0. The van der Waals surface area contributed by atoms with Gasteiger partial charge < -0.3 is 31.3 Å². The number of likely N-dealkylation sites (tertiary alicyclic amines) is 1. The maximum atomic E-state index is 14.5. The maximum Gasteiger partial charge on any atom is 0.329 e. The van der Waals surface area contributed by atoms with Crippen molar-refractivity contribution in [1.29, 1.82) is 0 Å². The van der Waals surface area contributed by atoms with Gasteiger partial charge in [0.15, 0.2) is 0 Å². The largest absolute Gasteiger partial charge is 0.459 e. The molecule has 1 aromatic carbocycles. The highest BCUT2D eigenvalue weighted by Gasteiger charge is 2.54. The molecule has 48 heavy (non-hydrogen) atoms. The molecule has 5 rings (SSSR count). The van der Waals surface area contributed by atoms with Crippen LogP contribution in [0.3, 0.4) is 0 Å². The molecule has 5 N–H and O–H groups in total. The van der Waals surface area contributed by atoms with Crippen molar-refractivity contribution in [1.82, 2.24) is 20.9 Å². The zero-order valence-electron chi connectivity index (χ0n) is 28.4. The molecule has 12 heteroatoms. The third-order valence-electron chi connectivity index (χ3n) is 10.5. The standard InChI is InChI=1S/C36H51N5O7/c1-36(2,3)30(34(46)48-20-22-10-6-4-7-11-22)40-35(47)39-27(23-12-8-5-9-13-23)33(45)41-25-17-16-24(19-25)28(41)32(44)38-26(18-21-14-15-21)29(42)31(37)43/h4,6-7,10-11,21,23-28,30H,5,8-9,12-20H2,1-3H3,(H2,37,43)(H,38,44)(H2,39,40,47)/t24?,25?,26?,27-,28-,30+/m0/s1. The summed E-state index contributed by atoms with van der Waals surface area (Å²) in [5.41, 5.74) is 5.44. The number of carbonyl (C=O) groups excluding carboxylic acids is 6. The fourth-order valence-corrected chi connectivity index (χ4v) is 7.75. The summed E-state index contributed by atoms with van der Waals surface area (Å²) in [6, 6.07) is 4.72. The Bertz CT molecular complexity index is 1370. The molecule has 3 saturated carbocycles. The number of fused-ring (bicyclic) bond motifs is 2. The predicted octanol–water partition coefficient (Wildman–Crippen LogP) is 3.11. The molecule has 1 saturated heterocycles. The van der Waals surface area contributed by atoms with Crippen LogP contribution in [-0.2, 0) is 35.3 Å². The van der Waals surface area contributed by atoms with Crippen molar-refractivity contribution in [2.45, 2.75) is 128 Å². The summed E-state index contributed by atoms with van der Waals surface area (Å²) in [4.78, 5) is 81.3. The maximum absolute atomic E-state index is 14.5. The molecule has 1 aromatic rings. The highest BCUT2D eigenvalue weighted by molar-refractivity contribution is 6.37. The van der Waals surface area contributed by atoms with Crippen LogP contribution >= 0.6 is 0 Å². The Kier molecular flexibility index (Phi) is 11.1. The molecule has 3 unspecified atom stereocenters. The Hall–Kier alpha value is -3.96. The summed E-state index contributed by atoms with van der Waals surface area (Å²) < 4.78 is 5.58. The zero-order chi connectivity index (χ0) is 34.6. The Morgan fingerprint density at radius 3 is 2.21 bits per heavy atom. The Morgan fingerprint density at radius 1 is 0.896 bits per heavy atom. The number of rotatable bonds is 13. The lowest BCUT2D eigenvalue weighted by Crippen LogP contribution is -2.63. The molecule has 3 aliphatic carbocycles. The summed E-state index contributed by atoms with van der Waals surface area (Å²) in [5.74, 6) is -3.27. The van der Waals surface area contributed by atoms with Gasteiger partial charge >= 0.3 is 12.0 Å². The van der Waals surface area contributed by atoms with E-state index in [1.165, 1.54) is 0 Å². The smallest absolute Gasteiger partial charge is 0.329 e. The number of benzene rings is 1. The summed E-state index contributed by atoms with van der Waals surface area (Å²) >= 11 is 0. The van der Waals surface area contributed by atoms with E-state index in [2.05, 4.69) is 16.0 Å². The third kappa shape index (κ3) is 8.54. The molecule has 0 spiro atoms. The van der Waals surface area contributed by atoms with Gasteiger partial charge in [-0.2, -0.15) is 0 Å². The number of amides is 5. The topological polar surface area (TPSA) is 177 Å². The highest BCUT2D eigenvalue weighted by atomic mass is 16.5. The minimum absolute atomic E-state index is 0.0618. The molecule has 5 amide bonds. The average molecular weight is 666 g/mol. The minimum Gasteiger partial charge on any atom is -0.459 e. The molecule has 4 aliphatic rings. The lowest BCUT2D eigenvalue weighted by molar-refractivity contribution is -0.150. The lowest BCUT2D eigenvalue weighted by atomic mass is 9.82. The number of urea groups is 1. The number of ether oxygens (including phenoxy) is 1. The van der Waals surface area contributed by atoms with Crippen molar-refractivity contribution >= 4 is 35.5 Å². The van der Waals surface area contributed by atoms with E-state index in [4.69, 9.17) is 10.5 Å². The van der Waals surface area contributed by atoms with Crippen LogP contribution in [-0.4, -0.2) is 70.6 Å². The number of ketones is 1. The number of Topliss-reactive ketones (excluding diaryl/α,β-unsaturated/α-hetero) is 1. The number of nitrogens with one attached hydrogen (secondary N) is 3. The quantitative estimate of drug-likeness (QED) is 0.185. The SMILES string of the molecule is CC(C)(C)[C@H](NC(=O)N[C@H](C(=O)N1C2CCC(C2)[C@H]1C(=O)NC(CC1CC1)C(=O)C(N)=O)C1CCCCC1)C(=O)OCc1ccccc1. The van der Waals surface area contributed by atoms with Crippen molar-refractivity contribution < 1.29 is 33.5 Å². The molecule has 12 nitrogen and oxygen atoms in total. The van der Waals surface area contributed by atoms with Crippen LogP contribution in [0.1, 0.15) is 97.0 Å². The van der Waals surface area contributed by atoms with E-state index in [1.807, 2.05) is 51.1 Å². The van der Waals surface area contributed by atoms with Gasteiger partial charge in [0.2, 0.25) is 17.6 Å². The molecule has 0 aromatic heterocycles. The van der Waals surface area contributed by atoms with Crippen LogP contribution in [0.5, 0.6) is 0 Å². The minimum atomic E-state index is -1.09. The second kappa shape index (κ2) is 15.1. The number of carbonyl (C=O) groups is 6. The predicted molar refractivity (Wildman–Crippen MR) is 177 cm³/mol. The first kappa shape index (κ1) is 35.3. The van der Waals surface area contributed by atoms with E-state index in [0.717, 1.165) is 63.4 Å². The van der Waals surface area contributed by atoms with Crippen molar-refractivity contribution in [3.63, 3.8) is 0 Å². The summed E-state index contributed by atoms with van der Waals surface area (Å²) in [6.45, 7) is 5.55. The third-order valence-corrected chi connectivity index (χ3v) is 10.5. The Balaban J connectivity index is 1.32. The first-order chi connectivity index (χ1) is 22.8. The molecule has 0 radical (unpaired) electrons. The van der Waals surface area contributed by atoms with Crippen LogP contribution < -0.4 is 21.7 Å². The molecule has 4 fully saturated rings. The van der Waals surface area contributed by atoms with Crippen LogP contribution in [0.15, 0.2) is 30.3 Å². The molecule has 262 valence electrons. The van der Waals surface area contributed by atoms with Gasteiger partial charge in [-0.3, -0.25) is 19.2 Å². The van der Waals surface area contributed by atoms with Crippen LogP contribution in [0.4, 0.5) is 4.79 Å². The van der Waals surface area contributed by atoms with Gasteiger partial charge in [-0.1, -0.05) is 83.2 Å². The second-order valence-corrected chi connectivity index (χ2v) is 15.3. The van der Waals surface area contributed by atoms with E-state index in [-0.39, 0.29) is 36.3 Å². The number of hydrogen-bond donors (Lipinski definition) is 4. The fourth-order valence-electron chi connectivity index (χ4n) is 7.75. The van der Waals surface area contributed by atoms with Gasteiger partial charge in [0.1, 0.15) is 24.7 Å². The Labute approximate surface area is 282 Å². The number of piperidine rings is 1. The first-order valence-electron chi connectivity index (χ1n) is 17.6. The number of hydrogen-bond acceptors (Lipinski definition) is 7. The van der Waals surface area contributed by atoms with E-state index in [0.29, 0.717) is 12.8 Å². The van der Waals surface area contributed by atoms with E-state index in [1.54, 1.807) is 4.90 Å². The summed E-state index contributed by atoms with van der Waals surface area (Å²) in [5, 5.41) is 8.50. The van der Waals surface area contributed by atoms with Gasteiger partial charge in [0.05, 0.1) is 6.04 Å². The van der Waals surface area contributed by atoms with Crippen molar-refractivity contribution in [3.8, 4) is 0 Å². The van der Waals surface area contributed by atoms with E-state index in [9.17, 15) is 28.8 Å². The fraction of sp³-hybridized carbons (Fsp3) is 0.667. The normalized spacial score (nSPS) is 24.2. The molecule has 6 atom stereocenters. The van der Waals surface area contributed by atoms with E-state index < -0.39 is 59.2 Å². The number of primary amides is 1. The summed E-state index contributed by atoms with van der Waals surface area (Å²) in [6.07, 6.45) is 8.73. The van der Waals surface area contributed by atoms with Crippen molar-refractivity contribution in [2.75, 3.05) is 0 Å². The van der Waals surface area contributed by atoms with Crippen LogP contribution in [0.2, 0.25) is 0 Å². The van der Waals surface area contributed by atoms with Crippen molar-refractivity contribution in [3.05, 3.63) is 35.9 Å². The first-order valence-corrected chi connectivity index (χ1v) is 17.6. The van der Waals surface area contributed by atoms with E-state index >= 15 is 0 Å². The molecule has 2 bridgehead atoms. The zero-order valence-corrected chi connectivity index (χ0v) is 28.4. The lowest BCUT2D eigenvalue weighted by Gasteiger charge is -2.40. The monoisotopic (exact) mass is 665 g/mol. The van der Waals surface area contributed by atoms with Gasteiger partial charge in [-0.25, -0.2) is 9.59 Å². The van der Waals surface area contributed by atoms with Crippen LogP contribution in [0, 0.1) is 23.2 Å². The second-order valence-electron chi connectivity index (χ2n) is 15.3. The average Bonchev–Trinajstić information content (AvgIpc) is 3.64. The molecule has 1 heterocycles.